The summed E-state index contributed by atoms with van der Waals surface area (Å²) in [5.41, 5.74) is 0. The molecule has 0 spiro atoms. The Morgan fingerprint density at radius 3 is 2.20 bits per heavy atom. The molecule has 0 unspecified atom stereocenters. The molecule has 2 heteroatoms. The third-order valence-electron chi connectivity index (χ3n) is 0.178. The summed E-state index contributed by atoms with van der Waals surface area (Å²) in [6, 6.07) is 0. The van der Waals surface area contributed by atoms with Crippen LogP contribution >= 0.6 is 45.2 Å². The van der Waals surface area contributed by atoms with Gasteiger partial charge in [0.2, 0.25) is 0 Å². The molecule has 5 heavy (non-hydrogen) atoms. The van der Waals surface area contributed by atoms with E-state index in [1.54, 1.807) is 0 Å². The Labute approximate surface area is 59.3 Å². The van der Waals surface area contributed by atoms with Crippen LogP contribution in [0.4, 0.5) is 0 Å². The first-order valence-electron chi connectivity index (χ1n) is 1.23. The molecular weight excluding hydrogens is 290 g/mol. The Morgan fingerprint density at radius 2 is 2.20 bits per heavy atom. The number of allylic oxidation sites excluding steroid dienone is 1. The summed E-state index contributed by atoms with van der Waals surface area (Å²) in [7, 11) is 0. The number of hydrogen-bond donors (Lipinski definition) is 0. The third kappa shape index (κ3) is 5.20. The average molecular weight is 294 g/mol. The summed E-state index contributed by atoms with van der Waals surface area (Å²) < 4.78 is 3.14. The zero-order chi connectivity index (χ0) is 4.12. The van der Waals surface area contributed by atoms with Crippen molar-refractivity contribution < 1.29 is 0 Å². The molecule has 0 aliphatic carbocycles. The maximum Gasteiger partial charge on any atom is 0.0183 e. The molecule has 0 rings (SSSR count). The van der Waals surface area contributed by atoms with Crippen molar-refractivity contribution in [1.29, 1.82) is 0 Å². The topological polar surface area (TPSA) is 0 Å². The number of alkyl halides is 1. The van der Waals surface area contributed by atoms with Gasteiger partial charge >= 0.3 is 0 Å². The summed E-state index contributed by atoms with van der Waals surface area (Å²) in [6.45, 7) is 0. The number of hydrogen-bond acceptors (Lipinski definition) is 0. The van der Waals surface area contributed by atoms with E-state index >= 15 is 0 Å². The van der Waals surface area contributed by atoms with Crippen molar-refractivity contribution in [2.24, 2.45) is 0 Å². The molecular formula is C3H4I2. The van der Waals surface area contributed by atoms with Crippen LogP contribution in [0.3, 0.4) is 0 Å². The quantitative estimate of drug-likeness (QED) is 0.514. The molecule has 0 saturated carbocycles. The smallest absolute Gasteiger partial charge is 0.0183 e. The third-order valence-corrected chi connectivity index (χ3v) is 1.20. The fraction of sp³-hybridized carbons (Fsp3) is 0.333. The lowest BCUT2D eigenvalue weighted by Gasteiger charge is -1.61. The molecule has 0 atom stereocenters. The van der Waals surface area contributed by atoms with E-state index in [-0.39, 0.29) is 0 Å². The summed E-state index contributed by atoms with van der Waals surface area (Å²) in [5, 5.41) is 0. The first-order valence-corrected chi connectivity index (χ1v) is 4.00. The van der Waals surface area contributed by atoms with Gasteiger partial charge < -0.3 is 0 Å². The molecule has 0 fully saturated rings. The molecule has 0 heterocycles. The van der Waals surface area contributed by atoms with Gasteiger partial charge in [-0.3, -0.25) is 0 Å². The van der Waals surface area contributed by atoms with E-state index in [1.165, 1.54) is 0 Å². The van der Waals surface area contributed by atoms with E-state index in [1.807, 2.05) is 4.08 Å². The monoisotopic (exact) mass is 294 g/mol. The highest BCUT2D eigenvalue weighted by atomic mass is 127. The zero-order valence-electron chi connectivity index (χ0n) is 2.62. The molecule has 0 saturated heterocycles. The van der Waals surface area contributed by atoms with Crippen LogP contribution in [0.15, 0.2) is 10.2 Å². The van der Waals surface area contributed by atoms with Gasteiger partial charge in [0.15, 0.2) is 0 Å². The maximum atomic E-state index is 2.30. The van der Waals surface area contributed by atoms with Gasteiger partial charge in [0.05, 0.1) is 0 Å². The van der Waals surface area contributed by atoms with Gasteiger partial charge in [-0.05, 0) is 4.08 Å². The van der Waals surface area contributed by atoms with Gasteiger partial charge in [0.25, 0.3) is 0 Å². The van der Waals surface area contributed by atoms with Crippen molar-refractivity contribution in [3.05, 3.63) is 10.2 Å². The minimum atomic E-state index is 1.13. The Balaban J connectivity index is 2.62. The summed E-state index contributed by atoms with van der Waals surface area (Å²) in [5.74, 6) is 0. The van der Waals surface area contributed by atoms with Gasteiger partial charge in [-0.2, -0.15) is 0 Å². The second kappa shape index (κ2) is 5.20. The van der Waals surface area contributed by atoms with E-state index in [0.29, 0.717) is 0 Å². The molecule has 0 aromatic rings. The van der Waals surface area contributed by atoms with E-state index in [2.05, 4.69) is 51.3 Å². The summed E-state index contributed by atoms with van der Waals surface area (Å²) in [4.78, 5) is 0. The minimum absolute atomic E-state index is 1.13. The standard InChI is InChI=1S/C3H4I2/c4-2-1-3-5/h1-2H,3H2. The van der Waals surface area contributed by atoms with Crippen molar-refractivity contribution in [3.8, 4) is 0 Å². The van der Waals surface area contributed by atoms with Crippen LogP contribution in [0, 0.1) is 0 Å². The maximum absolute atomic E-state index is 2.30. The van der Waals surface area contributed by atoms with Gasteiger partial charge in [-0.15, -0.1) is 0 Å². The van der Waals surface area contributed by atoms with Crippen molar-refractivity contribution in [2.45, 2.75) is 0 Å². The normalized spacial score (nSPS) is 10.0. The van der Waals surface area contributed by atoms with Crippen LogP contribution in [-0.4, -0.2) is 4.43 Å². The van der Waals surface area contributed by atoms with Gasteiger partial charge in [0, 0.05) is 4.43 Å². The molecule has 0 aliphatic heterocycles. The highest BCUT2D eigenvalue weighted by Crippen LogP contribution is 1.86. The van der Waals surface area contributed by atoms with Gasteiger partial charge in [-0.25, -0.2) is 0 Å². The first-order chi connectivity index (χ1) is 2.41. The Morgan fingerprint density at radius 1 is 1.60 bits per heavy atom. The molecule has 0 radical (unpaired) electrons. The van der Waals surface area contributed by atoms with Crippen LogP contribution in [0.5, 0.6) is 0 Å². The van der Waals surface area contributed by atoms with E-state index < -0.39 is 0 Å². The van der Waals surface area contributed by atoms with E-state index in [9.17, 15) is 0 Å². The SMILES string of the molecule is IC=CCI. The fourth-order valence-corrected chi connectivity index (χ4v) is 1.52. The molecule has 0 nitrogen and oxygen atoms in total. The summed E-state index contributed by atoms with van der Waals surface area (Å²) in [6.07, 6.45) is 2.10. The van der Waals surface area contributed by atoms with E-state index in [4.69, 9.17) is 0 Å². The molecule has 0 N–H and O–H groups in total. The van der Waals surface area contributed by atoms with Crippen molar-refractivity contribution in [3.63, 3.8) is 0 Å². The van der Waals surface area contributed by atoms with Crippen LogP contribution in [0.25, 0.3) is 0 Å². The van der Waals surface area contributed by atoms with Gasteiger partial charge in [-0.1, -0.05) is 51.3 Å². The fourth-order valence-electron chi connectivity index (χ4n) is 0.0337. The molecule has 30 valence electrons. The molecule has 0 bridgehead atoms. The molecule has 0 aliphatic rings. The van der Waals surface area contributed by atoms with Crippen molar-refractivity contribution in [2.75, 3.05) is 4.43 Å². The highest BCUT2D eigenvalue weighted by Gasteiger charge is 1.55. The lowest BCUT2D eigenvalue weighted by atomic mass is 10.8. The minimum Gasteiger partial charge on any atom is -0.0818 e. The van der Waals surface area contributed by atoms with Crippen molar-refractivity contribution >= 4 is 45.2 Å². The molecule has 0 amide bonds. The highest BCUT2D eigenvalue weighted by molar-refractivity contribution is 14.1. The van der Waals surface area contributed by atoms with Crippen LogP contribution in [0.1, 0.15) is 0 Å². The Kier molecular flexibility index (Phi) is 6.45. The van der Waals surface area contributed by atoms with Crippen LogP contribution in [0.2, 0.25) is 0 Å². The van der Waals surface area contributed by atoms with Crippen LogP contribution in [-0.2, 0) is 0 Å². The Bertz CT molecular complexity index is 31.9. The summed E-state index contributed by atoms with van der Waals surface area (Å²) >= 11 is 4.50. The van der Waals surface area contributed by atoms with Crippen LogP contribution < -0.4 is 0 Å². The Hall–Kier alpha value is 1.20. The number of halogens is 2. The largest absolute Gasteiger partial charge is 0.0818 e. The second-order valence-electron chi connectivity index (χ2n) is 0.516. The van der Waals surface area contributed by atoms with Crippen molar-refractivity contribution in [1.82, 2.24) is 0 Å². The van der Waals surface area contributed by atoms with Gasteiger partial charge in [0.1, 0.15) is 0 Å². The average Bonchev–Trinajstić information content (AvgIpc) is 1.41. The molecule has 0 aromatic heterocycles. The second-order valence-corrected chi connectivity index (χ2v) is 2.12. The zero-order valence-corrected chi connectivity index (χ0v) is 6.93. The lowest BCUT2D eigenvalue weighted by molar-refractivity contribution is 1.90. The van der Waals surface area contributed by atoms with E-state index in [0.717, 1.165) is 4.43 Å². The number of rotatable bonds is 1. The first kappa shape index (κ1) is 6.20. The lowest BCUT2D eigenvalue weighted by Crippen LogP contribution is -1.46. The molecule has 0 aromatic carbocycles. The predicted octanol–water partition coefficient (Wildman–Crippen LogP) is 2.37. The predicted molar refractivity (Wildman–Crippen MR) is 42.0 cm³/mol.